The van der Waals surface area contributed by atoms with Crippen LogP contribution in [-0.2, 0) is 12.7 Å². The molecule has 5 rings (SSSR count). The van der Waals surface area contributed by atoms with E-state index in [-0.39, 0.29) is 11.7 Å². The van der Waals surface area contributed by atoms with E-state index in [0.29, 0.717) is 6.54 Å². The van der Waals surface area contributed by atoms with Gasteiger partial charge in [0.2, 0.25) is 0 Å². The average molecular weight is 453 g/mol. The number of alkyl halides is 3. The summed E-state index contributed by atoms with van der Waals surface area (Å²) in [5, 5.41) is 4.63. The number of carbonyl (C=O) groups excluding carboxylic acids is 1. The molecule has 0 saturated heterocycles. The number of aromatic nitrogens is 1. The van der Waals surface area contributed by atoms with E-state index in [1.165, 1.54) is 23.5 Å². The van der Waals surface area contributed by atoms with Crippen molar-refractivity contribution in [1.29, 1.82) is 0 Å². The summed E-state index contributed by atoms with van der Waals surface area (Å²) < 4.78 is 41.5. The van der Waals surface area contributed by atoms with E-state index >= 15 is 0 Å². The zero-order valence-corrected chi connectivity index (χ0v) is 17.5. The van der Waals surface area contributed by atoms with Crippen LogP contribution in [0.4, 0.5) is 23.7 Å². The highest BCUT2D eigenvalue weighted by Crippen LogP contribution is 2.38. The van der Waals surface area contributed by atoms with Gasteiger partial charge in [0, 0.05) is 16.8 Å². The summed E-state index contributed by atoms with van der Waals surface area (Å²) in [4.78, 5) is 16.1. The molecular formula is C24H18F3N3OS. The Morgan fingerprint density at radius 3 is 2.62 bits per heavy atom. The summed E-state index contributed by atoms with van der Waals surface area (Å²) in [5.41, 5.74) is 2.13. The first-order valence-electron chi connectivity index (χ1n) is 9.95. The number of anilines is 1. The van der Waals surface area contributed by atoms with E-state index < -0.39 is 17.8 Å². The lowest BCUT2D eigenvalue weighted by Crippen LogP contribution is -2.37. The Kier molecular flexibility index (Phi) is 5.01. The smallest absolute Gasteiger partial charge is 0.318 e. The van der Waals surface area contributed by atoms with Crippen LogP contribution >= 0.6 is 11.3 Å². The van der Waals surface area contributed by atoms with Crippen LogP contribution in [-0.4, -0.2) is 15.5 Å². The lowest BCUT2D eigenvalue weighted by Gasteiger charge is -2.30. The summed E-state index contributed by atoms with van der Waals surface area (Å²) in [7, 11) is 0. The van der Waals surface area contributed by atoms with Crippen LogP contribution in [0.5, 0.6) is 0 Å². The van der Waals surface area contributed by atoms with Crippen molar-refractivity contribution < 1.29 is 18.0 Å². The fourth-order valence-electron chi connectivity index (χ4n) is 4.05. The lowest BCUT2D eigenvalue weighted by atomic mass is 10.1. The van der Waals surface area contributed by atoms with Gasteiger partial charge in [-0.25, -0.2) is 4.79 Å². The number of nitrogens with one attached hydrogen (secondary N) is 1. The van der Waals surface area contributed by atoms with Crippen LogP contribution in [0.3, 0.4) is 0 Å². The Bertz CT molecular complexity index is 1260. The van der Waals surface area contributed by atoms with Crippen LogP contribution < -0.4 is 5.32 Å². The fraction of sp³-hybridized carbons (Fsp3) is 0.125. The second kappa shape index (κ2) is 7.87. The van der Waals surface area contributed by atoms with E-state index in [1.807, 2.05) is 60.1 Å². The van der Waals surface area contributed by atoms with E-state index in [2.05, 4.69) is 9.88 Å². The number of hydrogen-bond donors (Lipinski definition) is 1. The number of nitrogens with zero attached hydrogens (tertiary/aromatic N) is 2. The van der Waals surface area contributed by atoms with Gasteiger partial charge in [0.1, 0.15) is 6.04 Å². The molecule has 0 spiro atoms. The van der Waals surface area contributed by atoms with Crippen LogP contribution in [0.1, 0.15) is 27.7 Å². The highest BCUT2D eigenvalue weighted by molar-refractivity contribution is 7.10. The molecule has 0 fully saturated rings. The van der Waals surface area contributed by atoms with Crippen molar-refractivity contribution in [2.75, 3.05) is 5.32 Å². The average Bonchev–Trinajstić information content (AvgIpc) is 3.44. The molecule has 8 heteroatoms. The van der Waals surface area contributed by atoms with Gasteiger partial charge in [-0.2, -0.15) is 13.2 Å². The number of hydrogen-bond acceptors (Lipinski definition) is 2. The first-order valence-corrected chi connectivity index (χ1v) is 10.8. The third kappa shape index (κ3) is 3.67. The molecule has 0 aliphatic carbocycles. The number of rotatable bonds is 2. The Hall–Kier alpha value is -3.52. The number of benzene rings is 2. The molecule has 1 N–H and O–H groups in total. The number of fused-ring (bicyclic) bond motifs is 3. The van der Waals surface area contributed by atoms with E-state index in [9.17, 15) is 18.0 Å². The van der Waals surface area contributed by atoms with Gasteiger partial charge in [-0.05, 0) is 53.4 Å². The van der Waals surface area contributed by atoms with Crippen molar-refractivity contribution in [1.82, 2.24) is 9.47 Å². The monoisotopic (exact) mass is 453 g/mol. The highest BCUT2D eigenvalue weighted by Gasteiger charge is 2.34. The van der Waals surface area contributed by atoms with Gasteiger partial charge in [0.05, 0.1) is 23.5 Å². The highest BCUT2D eigenvalue weighted by atomic mass is 32.1. The minimum atomic E-state index is -4.48. The third-order valence-corrected chi connectivity index (χ3v) is 6.40. The van der Waals surface area contributed by atoms with Crippen molar-refractivity contribution in [2.24, 2.45) is 0 Å². The number of urea groups is 1. The molecule has 3 heterocycles. The third-order valence-electron chi connectivity index (χ3n) is 5.48. The first-order chi connectivity index (χ1) is 15.4. The van der Waals surface area contributed by atoms with Gasteiger partial charge in [0.15, 0.2) is 0 Å². The summed E-state index contributed by atoms with van der Waals surface area (Å²) in [6.07, 6.45) is -2.52. The Morgan fingerprint density at radius 1 is 1.00 bits per heavy atom. The number of amides is 2. The molecule has 1 aliphatic heterocycles. The number of para-hydroxylation sites is 1. The lowest BCUT2D eigenvalue weighted by molar-refractivity contribution is -0.137. The summed E-state index contributed by atoms with van der Waals surface area (Å²) in [6.45, 7) is 0.311. The van der Waals surface area contributed by atoms with Crippen LogP contribution in [0.2, 0.25) is 0 Å². The summed E-state index contributed by atoms with van der Waals surface area (Å²) in [6, 6.07) is 19.4. The molecule has 2 amide bonds. The van der Waals surface area contributed by atoms with Crippen molar-refractivity contribution in [3.05, 3.63) is 106 Å². The molecule has 32 heavy (non-hydrogen) atoms. The fourth-order valence-corrected chi connectivity index (χ4v) is 4.90. The minimum absolute atomic E-state index is 0.0997. The minimum Gasteiger partial charge on any atom is -0.318 e. The zero-order chi connectivity index (χ0) is 22.3. The molecule has 4 aromatic rings. The largest absolute Gasteiger partial charge is 0.416 e. The first kappa shape index (κ1) is 20.4. The van der Waals surface area contributed by atoms with Gasteiger partial charge < -0.3 is 14.8 Å². The van der Waals surface area contributed by atoms with Gasteiger partial charge >= 0.3 is 12.2 Å². The zero-order valence-electron chi connectivity index (χ0n) is 16.7. The Labute approximate surface area is 186 Å². The second-order valence-electron chi connectivity index (χ2n) is 7.49. The topological polar surface area (TPSA) is 37.3 Å². The van der Waals surface area contributed by atoms with Crippen LogP contribution in [0, 0.1) is 0 Å². The van der Waals surface area contributed by atoms with Crippen LogP contribution in [0.25, 0.3) is 5.69 Å². The van der Waals surface area contributed by atoms with Crippen molar-refractivity contribution in [2.45, 2.75) is 18.8 Å². The predicted octanol–water partition coefficient (Wildman–Crippen LogP) is 6.69. The molecule has 0 unspecified atom stereocenters. The molecular weight excluding hydrogens is 435 g/mol. The molecule has 1 atom stereocenters. The Balaban J connectivity index is 1.57. The van der Waals surface area contributed by atoms with E-state index in [0.717, 1.165) is 34.0 Å². The number of carbonyl (C=O) groups is 1. The number of thiophene rings is 1. The molecule has 0 bridgehead atoms. The maximum atomic E-state index is 13.5. The quantitative estimate of drug-likeness (QED) is 0.361. The maximum Gasteiger partial charge on any atom is 0.416 e. The molecule has 2 aromatic carbocycles. The summed E-state index contributed by atoms with van der Waals surface area (Å²) in [5.74, 6) is 0. The Morgan fingerprint density at radius 2 is 1.84 bits per heavy atom. The second-order valence-corrected chi connectivity index (χ2v) is 8.47. The van der Waals surface area contributed by atoms with Gasteiger partial charge in [-0.1, -0.05) is 30.3 Å². The molecule has 1 aliphatic rings. The molecule has 162 valence electrons. The summed E-state index contributed by atoms with van der Waals surface area (Å²) >= 11 is 1.53. The predicted molar refractivity (Wildman–Crippen MR) is 118 cm³/mol. The van der Waals surface area contributed by atoms with Crippen molar-refractivity contribution in [3.8, 4) is 5.69 Å². The van der Waals surface area contributed by atoms with Crippen LogP contribution in [0.15, 0.2) is 84.4 Å². The van der Waals surface area contributed by atoms with Gasteiger partial charge in [-0.3, -0.25) is 0 Å². The molecule has 0 saturated carbocycles. The number of halogens is 3. The van der Waals surface area contributed by atoms with Crippen molar-refractivity contribution >= 4 is 23.1 Å². The molecule has 2 aromatic heterocycles. The van der Waals surface area contributed by atoms with E-state index in [1.54, 1.807) is 4.90 Å². The maximum absolute atomic E-state index is 13.5. The van der Waals surface area contributed by atoms with Gasteiger partial charge in [-0.15, -0.1) is 11.3 Å². The normalized spacial score (nSPS) is 15.6. The standard InChI is InChI=1S/C24H18F3N3OS/c25-24(26,27)17-7-3-8-18(14-17)28-23(31)30-15-16-6-1-2-9-19(16)29-12-4-10-20(29)22(30)21-11-5-13-32-21/h1-14,22H,15H2,(H,28,31)/t22-/m0/s1. The molecule has 4 nitrogen and oxygen atoms in total. The van der Waals surface area contributed by atoms with Crippen molar-refractivity contribution in [3.63, 3.8) is 0 Å². The molecule has 0 radical (unpaired) electrons. The van der Waals surface area contributed by atoms with E-state index in [4.69, 9.17) is 0 Å². The SMILES string of the molecule is O=C(Nc1cccc(C(F)(F)F)c1)N1Cc2ccccc2-n2cccc2[C@H]1c1cccs1. The van der Waals surface area contributed by atoms with Gasteiger partial charge in [0.25, 0.3) is 0 Å².